The number of rotatable bonds is 6. The number of phenolic OH excluding ortho intramolecular Hbond substituents is 1. The molecular formula is C34H42N2O7. The molecule has 0 aromatic heterocycles. The van der Waals surface area contributed by atoms with Crippen LogP contribution in [0.1, 0.15) is 56.7 Å². The highest BCUT2D eigenvalue weighted by Crippen LogP contribution is 2.53. The number of Topliss-reactive ketones (excluding diaryl/α,β-unsaturated/α-hetero) is 2. The van der Waals surface area contributed by atoms with E-state index < -0.39 is 58.7 Å². The maximum absolute atomic E-state index is 14.0. The molecule has 3 aliphatic carbocycles. The van der Waals surface area contributed by atoms with Crippen molar-refractivity contribution in [3.63, 3.8) is 0 Å². The zero-order valence-electron chi connectivity index (χ0n) is 25.4. The molecule has 2 fully saturated rings. The van der Waals surface area contributed by atoms with E-state index in [9.17, 15) is 34.8 Å². The first kappa shape index (κ1) is 30.9. The first-order chi connectivity index (χ1) is 20.1. The van der Waals surface area contributed by atoms with Crippen LogP contribution in [-0.2, 0) is 27.2 Å². The minimum atomic E-state index is -2.67. The maximum atomic E-state index is 14.0. The van der Waals surface area contributed by atoms with Gasteiger partial charge in [0.1, 0.15) is 17.4 Å². The third kappa shape index (κ3) is 5.07. The van der Waals surface area contributed by atoms with Gasteiger partial charge in [0.25, 0.3) is 0 Å². The molecule has 6 atom stereocenters. The highest BCUT2D eigenvalue weighted by atomic mass is 16.3. The lowest BCUT2D eigenvalue weighted by atomic mass is 9.54. The summed E-state index contributed by atoms with van der Waals surface area (Å²) in [6, 6.07) is 10.5. The fraction of sp³-hybridized carbons (Fsp3) is 0.500. The van der Waals surface area contributed by atoms with Crippen LogP contribution < -0.4 is 5.73 Å². The first-order valence-electron chi connectivity index (χ1n) is 14.9. The molecule has 43 heavy (non-hydrogen) atoms. The van der Waals surface area contributed by atoms with Crippen LogP contribution in [0.3, 0.4) is 0 Å². The molecule has 2 saturated carbocycles. The number of carbonyl (C=O) groups excluding carboxylic acids is 3. The summed E-state index contributed by atoms with van der Waals surface area (Å²) >= 11 is 0. The number of aromatic hydroxyl groups is 1. The molecule has 9 nitrogen and oxygen atoms in total. The average molecular weight is 591 g/mol. The summed E-state index contributed by atoms with van der Waals surface area (Å²) in [5.41, 5.74) is 6.55. The summed E-state index contributed by atoms with van der Waals surface area (Å²) in [6.07, 6.45) is 1.97. The monoisotopic (exact) mass is 590 g/mol. The van der Waals surface area contributed by atoms with Gasteiger partial charge in [0.2, 0.25) is 11.7 Å². The number of benzene rings is 2. The highest BCUT2D eigenvalue weighted by Gasteiger charge is 2.67. The van der Waals surface area contributed by atoms with Crippen LogP contribution >= 0.6 is 0 Å². The van der Waals surface area contributed by atoms with E-state index in [1.807, 2.05) is 12.1 Å². The molecule has 0 heterocycles. The van der Waals surface area contributed by atoms with Crippen molar-refractivity contribution in [2.24, 2.45) is 28.9 Å². The van der Waals surface area contributed by atoms with Gasteiger partial charge in [-0.1, -0.05) is 51.1 Å². The molecule has 0 saturated heterocycles. The van der Waals surface area contributed by atoms with E-state index in [1.54, 1.807) is 25.1 Å². The molecule has 0 bridgehead atoms. The van der Waals surface area contributed by atoms with E-state index in [-0.39, 0.29) is 35.1 Å². The van der Waals surface area contributed by atoms with Crippen molar-refractivity contribution in [2.75, 3.05) is 14.1 Å². The normalized spacial score (nSPS) is 28.9. The van der Waals surface area contributed by atoms with Gasteiger partial charge in [-0.2, -0.15) is 0 Å². The van der Waals surface area contributed by atoms with Crippen LogP contribution in [0.2, 0.25) is 0 Å². The lowest BCUT2D eigenvalue weighted by molar-refractivity contribution is -0.184. The van der Waals surface area contributed by atoms with Crippen molar-refractivity contribution in [2.45, 2.75) is 70.6 Å². The van der Waals surface area contributed by atoms with Crippen molar-refractivity contribution in [3.8, 4) is 16.9 Å². The fourth-order valence-electron chi connectivity index (χ4n) is 7.55. The van der Waals surface area contributed by atoms with Gasteiger partial charge in [-0.3, -0.25) is 14.4 Å². The van der Waals surface area contributed by atoms with Gasteiger partial charge in [-0.25, -0.2) is 0 Å². The Bertz CT molecular complexity index is 1500. The van der Waals surface area contributed by atoms with Crippen molar-refractivity contribution >= 4 is 23.2 Å². The molecule has 6 N–H and O–H groups in total. The Labute approximate surface area is 252 Å². The Morgan fingerprint density at radius 3 is 2.30 bits per heavy atom. The van der Waals surface area contributed by atoms with Gasteiger partial charge < -0.3 is 31.1 Å². The van der Waals surface area contributed by atoms with Gasteiger partial charge in [0.05, 0.1) is 11.7 Å². The van der Waals surface area contributed by atoms with Crippen LogP contribution in [-0.4, -0.2) is 74.6 Å². The largest absolute Gasteiger partial charge is 0.507 e. The minimum absolute atomic E-state index is 0.0833. The van der Waals surface area contributed by atoms with Gasteiger partial charge >= 0.3 is 0 Å². The molecular weight excluding hydrogens is 548 g/mol. The van der Waals surface area contributed by atoms with E-state index >= 15 is 0 Å². The predicted molar refractivity (Wildman–Crippen MR) is 162 cm³/mol. The number of amides is 1. The first-order valence-corrected chi connectivity index (χ1v) is 14.9. The number of nitrogens with zero attached hydrogens (tertiary/aromatic N) is 1. The molecule has 2 aromatic rings. The third-order valence-electron chi connectivity index (χ3n) is 9.63. The fourth-order valence-corrected chi connectivity index (χ4v) is 7.55. The second kappa shape index (κ2) is 10.9. The number of aliphatic hydroxyl groups excluding tert-OH is 2. The smallest absolute Gasteiger partial charge is 0.230 e. The number of hydrogen-bond donors (Lipinski definition) is 5. The van der Waals surface area contributed by atoms with Gasteiger partial charge in [-0.05, 0) is 85.9 Å². The summed E-state index contributed by atoms with van der Waals surface area (Å²) in [7, 11) is 3.27. The standard InChI is InChI=1S/C34H42N2O7/c1-33(2,3)14-6-7-17-8-10-18(11-9-17)20-12-13-23(37)25-21(20)15-19-16-22-27(36(4)5)29(39)26(32(35)42)31(41)34(22,43)30(40)24(19)28(25)38/h8-13,19,22,26-27,29,37-39,43H,6-7,14-16H2,1-5H3,(H2,35,42)/t19-,22-,26?,27?,29?,34-/m1/s1. The Balaban J connectivity index is 1.56. The molecule has 2 aromatic carbocycles. The number of phenols is 1. The van der Waals surface area contributed by atoms with Crippen LogP contribution in [0.4, 0.5) is 0 Å². The van der Waals surface area contributed by atoms with Crippen LogP contribution in [0.25, 0.3) is 16.9 Å². The van der Waals surface area contributed by atoms with Crippen LogP contribution in [0, 0.1) is 23.2 Å². The second-order valence-electron chi connectivity index (χ2n) is 13.9. The number of primary amides is 1. The number of hydrogen-bond acceptors (Lipinski definition) is 8. The molecule has 230 valence electrons. The van der Waals surface area contributed by atoms with E-state index in [1.165, 1.54) is 11.6 Å². The summed E-state index contributed by atoms with van der Waals surface area (Å²) in [5, 5.41) is 45.2. The summed E-state index contributed by atoms with van der Waals surface area (Å²) in [6.45, 7) is 6.69. The Morgan fingerprint density at radius 1 is 1.07 bits per heavy atom. The zero-order valence-corrected chi connectivity index (χ0v) is 25.4. The minimum Gasteiger partial charge on any atom is -0.507 e. The van der Waals surface area contributed by atoms with E-state index in [4.69, 9.17) is 5.73 Å². The predicted octanol–water partition coefficient (Wildman–Crippen LogP) is 3.16. The number of ketones is 2. The molecule has 1 amide bonds. The number of carbonyl (C=O) groups is 3. The van der Waals surface area contributed by atoms with Crippen molar-refractivity contribution in [1.29, 1.82) is 0 Å². The summed E-state index contributed by atoms with van der Waals surface area (Å²) in [5.74, 6) is -7.47. The van der Waals surface area contributed by atoms with E-state index in [0.717, 1.165) is 30.4 Å². The van der Waals surface area contributed by atoms with E-state index in [2.05, 4.69) is 32.9 Å². The number of aliphatic hydroxyl groups is 3. The third-order valence-corrected chi connectivity index (χ3v) is 9.63. The van der Waals surface area contributed by atoms with Gasteiger partial charge in [0.15, 0.2) is 11.4 Å². The van der Waals surface area contributed by atoms with Crippen molar-refractivity contribution < 1.29 is 34.8 Å². The molecule has 9 heteroatoms. The number of likely N-dealkylation sites (N-methyl/N-ethyl adjacent to an activating group) is 1. The molecule has 0 spiro atoms. The summed E-state index contributed by atoms with van der Waals surface area (Å²) in [4.78, 5) is 41.3. The molecule has 0 aliphatic heterocycles. The molecule has 0 radical (unpaired) electrons. The van der Waals surface area contributed by atoms with E-state index in [0.29, 0.717) is 5.56 Å². The SMILES string of the molecule is CN(C)C1C(O)C(C(N)=O)C(=O)[C@]2(O)C(=O)C3=C(O)c4c(O)ccc(-c5ccc(CCCC(C)(C)C)cc5)c4C[C@@H]3C[C@H]12. The zero-order chi connectivity index (χ0) is 31.6. The lowest BCUT2D eigenvalue weighted by Crippen LogP contribution is -2.73. The molecule has 3 aliphatic rings. The maximum Gasteiger partial charge on any atom is 0.230 e. The Hall–Kier alpha value is -3.53. The van der Waals surface area contributed by atoms with Crippen molar-refractivity contribution in [1.82, 2.24) is 4.90 Å². The quantitative estimate of drug-likeness (QED) is 0.321. The van der Waals surface area contributed by atoms with Gasteiger partial charge in [0, 0.05) is 17.5 Å². The Kier molecular flexibility index (Phi) is 7.82. The number of nitrogens with two attached hydrogens (primary N) is 1. The van der Waals surface area contributed by atoms with Crippen molar-refractivity contribution in [3.05, 3.63) is 58.7 Å². The van der Waals surface area contributed by atoms with Gasteiger partial charge in [-0.15, -0.1) is 0 Å². The number of aryl methyl sites for hydroxylation is 1. The Morgan fingerprint density at radius 2 is 1.72 bits per heavy atom. The highest BCUT2D eigenvalue weighted by molar-refractivity contribution is 6.25. The molecule has 3 unspecified atom stereocenters. The topological polar surface area (TPSA) is 161 Å². The van der Waals surface area contributed by atoms with Crippen LogP contribution in [0.5, 0.6) is 5.75 Å². The number of fused-ring (bicyclic) bond motifs is 3. The summed E-state index contributed by atoms with van der Waals surface area (Å²) < 4.78 is 0. The van der Waals surface area contributed by atoms with Crippen LogP contribution in [0.15, 0.2) is 42.0 Å². The average Bonchev–Trinajstić information content (AvgIpc) is 2.90. The lowest BCUT2D eigenvalue weighted by Gasteiger charge is -2.53. The molecule has 5 rings (SSSR count). The second-order valence-corrected chi connectivity index (χ2v) is 13.9.